The number of carbonyl (C=O) groups excluding carboxylic acids is 1. The minimum atomic E-state index is 0.176. The fourth-order valence-corrected chi connectivity index (χ4v) is 4.89. The molecule has 0 aromatic heterocycles. The van der Waals surface area contributed by atoms with Crippen LogP contribution in [0.25, 0.3) is 0 Å². The van der Waals surface area contributed by atoms with Crippen molar-refractivity contribution >= 4 is 5.78 Å². The number of ketones is 1. The number of ether oxygens (including phenoxy) is 2. The van der Waals surface area contributed by atoms with Crippen molar-refractivity contribution in [2.24, 2.45) is 0 Å². The van der Waals surface area contributed by atoms with Gasteiger partial charge in [-0.15, -0.1) is 0 Å². The molecule has 33 heavy (non-hydrogen) atoms. The fraction of sp³-hybridized carbons (Fsp3) is 0.536. The topological polar surface area (TPSA) is 42.0 Å². The minimum Gasteiger partial charge on any atom is -0.490 e. The van der Waals surface area contributed by atoms with Crippen molar-refractivity contribution in [2.75, 3.05) is 52.5 Å². The van der Waals surface area contributed by atoms with Gasteiger partial charge in [0.1, 0.15) is 11.9 Å². The Balaban J connectivity index is 1.23. The number of carbonyl (C=O) groups is 1. The molecule has 2 aromatic rings. The Morgan fingerprint density at radius 3 is 2.42 bits per heavy atom. The Bertz CT molecular complexity index is 858. The van der Waals surface area contributed by atoms with E-state index >= 15 is 0 Å². The van der Waals surface area contributed by atoms with Crippen molar-refractivity contribution < 1.29 is 14.3 Å². The average Bonchev–Trinajstić information content (AvgIpc) is 2.86. The average molecular weight is 451 g/mol. The molecule has 1 atom stereocenters. The maximum absolute atomic E-state index is 12.9. The molecule has 0 saturated carbocycles. The molecule has 2 aliphatic rings. The Kier molecular flexibility index (Phi) is 8.93. The van der Waals surface area contributed by atoms with E-state index in [4.69, 9.17) is 9.47 Å². The summed E-state index contributed by atoms with van der Waals surface area (Å²) >= 11 is 0. The van der Waals surface area contributed by atoms with Gasteiger partial charge in [-0.25, -0.2) is 0 Å². The molecule has 0 amide bonds. The lowest BCUT2D eigenvalue weighted by atomic mass is 9.99. The molecular weight excluding hydrogens is 412 g/mol. The highest BCUT2D eigenvalue weighted by Gasteiger charge is 2.23. The number of likely N-dealkylation sites (tertiary alicyclic amines) is 1. The molecule has 1 unspecified atom stereocenters. The van der Waals surface area contributed by atoms with Crippen LogP contribution in [0, 0.1) is 0 Å². The van der Waals surface area contributed by atoms with E-state index in [1.54, 1.807) is 0 Å². The summed E-state index contributed by atoms with van der Waals surface area (Å²) in [6.45, 7) is 9.96. The molecule has 4 rings (SSSR count). The summed E-state index contributed by atoms with van der Waals surface area (Å²) in [5, 5.41) is 0. The largest absolute Gasteiger partial charge is 0.490 e. The van der Waals surface area contributed by atoms with Gasteiger partial charge in [-0.05, 0) is 49.4 Å². The van der Waals surface area contributed by atoms with Crippen molar-refractivity contribution in [3.63, 3.8) is 0 Å². The molecule has 2 fully saturated rings. The molecule has 2 aromatic carbocycles. The predicted molar refractivity (Wildman–Crippen MR) is 132 cm³/mol. The number of nitrogens with zero attached hydrogens (tertiary/aromatic N) is 2. The second-order valence-electron chi connectivity index (χ2n) is 9.41. The molecule has 2 saturated heterocycles. The van der Waals surface area contributed by atoms with Gasteiger partial charge >= 0.3 is 0 Å². The summed E-state index contributed by atoms with van der Waals surface area (Å²) in [6.07, 6.45) is 3.62. The van der Waals surface area contributed by atoms with Crippen LogP contribution >= 0.6 is 0 Å². The minimum absolute atomic E-state index is 0.176. The van der Waals surface area contributed by atoms with Gasteiger partial charge in [-0.2, -0.15) is 0 Å². The number of benzene rings is 2. The molecule has 2 heterocycles. The van der Waals surface area contributed by atoms with Crippen LogP contribution in [0.15, 0.2) is 54.6 Å². The Hall–Kier alpha value is -2.21. The molecule has 5 heteroatoms. The van der Waals surface area contributed by atoms with Crippen LogP contribution in [-0.2, 0) is 4.74 Å². The third kappa shape index (κ3) is 7.13. The van der Waals surface area contributed by atoms with Crippen LogP contribution < -0.4 is 4.74 Å². The number of hydrogen-bond acceptors (Lipinski definition) is 5. The summed E-state index contributed by atoms with van der Waals surface area (Å²) < 4.78 is 11.8. The Morgan fingerprint density at radius 1 is 0.970 bits per heavy atom. The van der Waals surface area contributed by atoms with Crippen LogP contribution in [0.3, 0.4) is 0 Å². The van der Waals surface area contributed by atoms with Crippen molar-refractivity contribution in [1.29, 1.82) is 0 Å². The van der Waals surface area contributed by atoms with Crippen LogP contribution in [0.4, 0.5) is 0 Å². The highest BCUT2D eigenvalue weighted by molar-refractivity contribution is 5.98. The summed E-state index contributed by atoms with van der Waals surface area (Å²) in [4.78, 5) is 17.8. The first-order valence-electron chi connectivity index (χ1n) is 12.6. The van der Waals surface area contributed by atoms with Crippen molar-refractivity contribution in [3.8, 4) is 5.75 Å². The number of para-hydroxylation sites is 1. The summed E-state index contributed by atoms with van der Waals surface area (Å²) in [7, 11) is 0. The van der Waals surface area contributed by atoms with E-state index in [-0.39, 0.29) is 11.9 Å². The maximum atomic E-state index is 12.9. The van der Waals surface area contributed by atoms with E-state index in [0.29, 0.717) is 12.3 Å². The smallest absolute Gasteiger partial charge is 0.166 e. The molecule has 0 N–H and O–H groups in total. The first-order chi connectivity index (χ1) is 16.2. The highest BCUT2D eigenvalue weighted by Crippen LogP contribution is 2.26. The van der Waals surface area contributed by atoms with E-state index in [0.717, 1.165) is 83.1 Å². The van der Waals surface area contributed by atoms with Gasteiger partial charge in [0.2, 0.25) is 0 Å². The molecule has 0 radical (unpaired) electrons. The van der Waals surface area contributed by atoms with Gasteiger partial charge in [0.05, 0.1) is 18.8 Å². The Labute approximate surface area is 198 Å². The van der Waals surface area contributed by atoms with Crippen LogP contribution in [0.1, 0.15) is 54.4 Å². The molecule has 2 aliphatic heterocycles. The summed E-state index contributed by atoms with van der Waals surface area (Å²) in [6, 6.07) is 18.5. The zero-order valence-electron chi connectivity index (χ0n) is 20.0. The van der Waals surface area contributed by atoms with Gasteiger partial charge in [0.15, 0.2) is 5.78 Å². The lowest BCUT2D eigenvalue weighted by molar-refractivity contribution is 0.0371. The molecule has 0 bridgehead atoms. The van der Waals surface area contributed by atoms with Crippen molar-refractivity contribution in [3.05, 3.63) is 65.7 Å². The normalized spacial score (nSPS) is 19.3. The number of morpholine rings is 1. The quantitative estimate of drug-likeness (QED) is 0.494. The number of hydrogen-bond donors (Lipinski definition) is 0. The van der Waals surface area contributed by atoms with Gasteiger partial charge in [0, 0.05) is 39.1 Å². The Morgan fingerprint density at radius 2 is 1.67 bits per heavy atom. The predicted octanol–water partition coefficient (Wildman–Crippen LogP) is 4.63. The first-order valence-corrected chi connectivity index (χ1v) is 12.6. The standard InChI is InChI=1S/C28H38N2O3/c1-23(24-8-3-2-4-9-24)22-30-16-13-25(14-17-30)33-28-12-6-5-10-26(28)27(31)11-7-15-29-18-20-32-21-19-29/h2-6,8-10,12,23,25H,7,11,13-22H2,1H3. The molecule has 178 valence electrons. The zero-order valence-corrected chi connectivity index (χ0v) is 20.0. The second kappa shape index (κ2) is 12.3. The summed E-state index contributed by atoms with van der Waals surface area (Å²) in [5.41, 5.74) is 2.14. The second-order valence-corrected chi connectivity index (χ2v) is 9.41. The lowest BCUT2D eigenvalue weighted by Gasteiger charge is -2.34. The van der Waals surface area contributed by atoms with E-state index in [1.165, 1.54) is 5.56 Å². The van der Waals surface area contributed by atoms with Crippen LogP contribution in [0.5, 0.6) is 5.75 Å². The van der Waals surface area contributed by atoms with Crippen molar-refractivity contribution in [2.45, 2.75) is 44.6 Å². The van der Waals surface area contributed by atoms with Gasteiger partial charge < -0.3 is 14.4 Å². The van der Waals surface area contributed by atoms with Crippen LogP contribution in [0.2, 0.25) is 0 Å². The molecule has 0 aliphatic carbocycles. The van der Waals surface area contributed by atoms with E-state index < -0.39 is 0 Å². The van der Waals surface area contributed by atoms with E-state index in [2.05, 4.69) is 47.1 Å². The van der Waals surface area contributed by atoms with E-state index in [1.807, 2.05) is 24.3 Å². The maximum Gasteiger partial charge on any atom is 0.166 e. The zero-order chi connectivity index (χ0) is 22.9. The molecular formula is C28H38N2O3. The SMILES string of the molecule is CC(CN1CCC(Oc2ccccc2C(=O)CCCN2CCOCC2)CC1)c1ccccc1. The van der Waals surface area contributed by atoms with Gasteiger partial charge in [-0.3, -0.25) is 9.69 Å². The molecule has 0 spiro atoms. The molecule has 5 nitrogen and oxygen atoms in total. The lowest BCUT2D eigenvalue weighted by Crippen LogP contribution is -2.40. The monoisotopic (exact) mass is 450 g/mol. The van der Waals surface area contributed by atoms with E-state index in [9.17, 15) is 4.79 Å². The third-order valence-electron chi connectivity index (χ3n) is 6.90. The highest BCUT2D eigenvalue weighted by atomic mass is 16.5. The fourth-order valence-electron chi connectivity index (χ4n) is 4.89. The number of Topliss-reactive ketones (excluding diaryl/α,β-unsaturated/α-hetero) is 1. The first kappa shape index (κ1) is 23.9. The van der Waals surface area contributed by atoms with Crippen molar-refractivity contribution in [1.82, 2.24) is 9.80 Å². The van der Waals surface area contributed by atoms with Crippen LogP contribution in [-0.4, -0.2) is 74.2 Å². The third-order valence-corrected chi connectivity index (χ3v) is 6.90. The summed E-state index contributed by atoms with van der Waals surface area (Å²) in [5.74, 6) is 1.47. The van der Waals surface area contributed by atoms with Gasteiger partial charge in [-0.1, -0.05) is 49.4 Å². The number of rotatable bonds is 10. The van der Waals surface area contributed by atoms with Gasteiger partial charge in [0.25, 0.3) is 0 Å². The number of piperidine rings is 1.